The molecule has 6 aromatic carbocycles. The van der Waals surface area contributed by atoms with Crippen LogP contribution in [0.25, 0.3) is 89.0 Å². The van der Waals surface area contributed by atoms with Gasteiger partial charge >= 0.3 is 0 Å². The van der Waals surface area contributed by atoms with Gasteiger partial charge in [-0.05, 0) is 12.1 Å². The molecule has 6 heteroatoms. The lowest BCUT2D eigenvalue weighted by atomic mass is 9.90. The average molecular weight is 620 g/mol. The van der Waals surface area contributed by atoms with Crippen molar-refractivity contribution in [3.8, 4) is 56.3 Å². The highest BCUT2D eigenvalue weighted by Gasteiger charge is 2.25. The van der Waals surface area contributed by atoms with Crippen LogP contribution in [0.3, 0.4) is 0 Å². The Kier molecular flexibility index (Phi) is 6.58. The van der Waals surface area contributed by atoms with E-state index in [9.17, 15) is 0 Å². The minimum Gasteiger partial charge on any atom is -0.247 e. The third kappa shape index (κ3) is 4.66. The molecule has 3 aromatic heterocycles. The molecule has 0 spiro atoms. The molecule has 47 heavy (non-hydrogen) atoms. The predicted octanol–water partition coefficient (Wildman–Crippen LogP) is 10.5. The Morgan fingerprint density at radius 2 is 0.894 bits per heavy atom. The lowest BCUT2D eigenvalue weighted by molar-refractivity contribution is 1.19. The molecule has 5 nitrogen and oxygen atoms in total. The van der Waals surface area contributed by atoms with Gasteiger partial charge in [-0.15, -0.1) is 0 Å². The maximum atomic E-state index is 5.31. The number of benzene rings is 6. The van der Waals surface area contributed by atoms with Crippen molar-refractivity contribution in [3.05, 3.63) is 152 Å². The van der Waals surface area contributed by atoms with E-state index in [1.165, 1.54) is 11.7 Å². The van der Waals surface area contributed by atoms with E-state index in [0.29, 0.717) is 5.82 Å². The Morgan fingerprint density at radius 3 is 1.49 bits per heavy atom. The number of hydrogen-bond donors (Lipinski definition) is 0. The molecule has 9 aromatic rings. The topological polar surface area (TPSA) is 64.5 Å². The molecule has 0 bridgehead atoms. The molecule has 0 atom stereocenters. The molecule has 0 aliphatic carbocycles. The standard InChI is InChI=1S/C41H25N5S/c1-5-15-26(16-6-1)36-31-25-32(39-40(46-47-45-39)34(31)30-23-13-14-24-33(30)42-36)35-37(27-17-7-2-8-18-27)43-41(29-21-11-4-12-22-29)44-38(35)28-19-9-3-10-20-28/h1-25H. The van der Waals surface area contributed by atoms with E-state index in [0.717, 1.165) is 83.2 Å². The average Bonchev–Trinajstić information content (AvgIpc) is 3.65. The van der Waals surface area contributed by atoms with Crippen LogP contribution in [0.4, 0.5) is 0 Å². The van der Waals surface area contributed by atoms with Crippen molar-refractivity contribution >= 4 is 44.4 Å². The van der Waals surface area contributed by atoms with Gasteiger partial charge in [-0.3, -0.25) is 0 Å². The first-order valence-electron chi connectivity index (χ1n) is 15.5. The molecular formula is C41H25N5S. The highest BCUT2D eigenvalue weighted by atomic mass is 32.1. The number of fused-ring (bicyclic) bond motifs is 5. The van der Waals surface area contributed by atoms with Crippen LogP contribution in [0.15, 0.2) is 152 Å². The molecule has 0 aliphatic rings. The van der Waals surface area contributed by atoms with E-state index >= 15 is 0 Å². The molecule has 0 radical (unpaired) electrons. The van der Waals surface area contributed by atoms with Gasteiger partial charge in [0, 0.05) is 49.5 Å². The molecule has 3 heterocycles. The quantitative estimate of drug-likeness (QED) is 0.179. The van der Waals surface area contributed by atoms with Crippen LogP contribution in [0.1, 0.15) is 0 Å². The molecule has 0 unspecified atom stereocenters. The molecule has 0 aliphatic heterocycles. The molecule has 220 valence electrons. The van der Waals surface area contributed by atoms with Gasteiger partial charge < -0.3 is 0 Å². The molecule has 0 amide bonds. The summed E-state index contributed by atoms with van der Waals surface area (Å²) in [4.78, 5) is 15.9. The Hall–Kier alpha value is -6.11. The zero-order valence-corrected chi connectivity index (χ0v) is 25.9. The number of nitrogens with zero attached hydrogens (tertiary/aromatic N) is 5. The van der Waals surface area contributed by atoms with Gasteiger partial charge in [0.1, 0.15) is 11.0 Å². The maximum absolute atomic E-state index is 5.31. The summed E-state index contributed by atoms with van der Waals surface area (Å²) in [7, 11) is 0. The van der Waals surface area contributed by atoms with Crippen molar-refractivity contribution in [2.75, 3.05) is 0 Å². The van der Waals surface area contributed by atoms with Crippen LogP contribution in [0.5, 0.6) is 0 Å². The van der Waals surface area contributed by atoms with Crippen molar-refractivity contribution in [2.24, 2.45) is 0 Å². The van der Waals surface area contributed by atoms with Gasteiger partial charge in [0.25, 0.3) is 0 Å². The first-order chi connectivity index (χ1) is 23.3. The van der Waals surface area contributed by atoms with Crippen molar-refractivity contribution in [1.82, 2.24) is 23.7 Å². The van der Waals surface area contributed by atoms with E-state index in [1.54, 1.807) is 0 Å². The monoisotopic (exact) mass is 619 g/mol. The minimum absolute atomic E-state index is 0.665. The van der Waals surface area contributed by atoms with Crippen LogP contribution < -0.4 is 0 Å². The highest BCUT2D eigenvalue weighted by Crippen LogP contribution is 2.46. The van der Waals surface area contributed by atoms with Gasteiger partial charge in [0.15, 0.2) is 5.82 Å². The van der Waals surface area contributed by atoms with Gasteiger partial charge in [0.2, 0.25) is 0 Å². The predicted molar refractivity (Wildman–Crippen MR) is 193 cm³/mol. The second-order valence-corrected chi connectivity index (χ2v) is 11.9. The van der Waals surface area contributed by atoms with Crippen LogP contribution in [0, 0.1) is 0 Å². The summed E-state index contributed by atoms with van der Waals surface area (Å²) in [5, 5.41) is 3.11. The van der Waals surface area contributed by atoms with Gasteiger partial charge in [-0.25, -0.2) is 15.0 Å². The maximum Gasteiger partial charge on any atom is 0.160 e. The van der Waals surface area contributed by atoms with Gasteiger partial charge in [-0.1, -0.05) is 140 Å². The zero-order valence-electron chi connectivity index (χ0n) is 25.1. The van der Waals surface area contributed by atoms with Crippen LogP contribution in [0.2, 0.25) is 0 Å². The van der Waals surface area contributed by atoms with E-state index in [-0.39, 0.29) is 0 Å². The summed E-state index contributed by atoms with van der Waals surface area (Å²) < 4.78 is 9.91. The lowest BCUT2D eigenvalue weighted by Crippen LogP contribution is -2.02. The smallest absolute Gasteiger partial charge is 0.160 e. The number of aromatic nitrogens is 5. The van der Waals surface area contributed by atoms with E-state index < -0.39 is 0 Å². The first kappa shape index (κ1) is 27.2. The number of para-hydroxylation sites is 1. The number of rotatable bonds is 5. The number of hydrogen-bond acceptors (Lipinski definition) is 6. The Labute approximate surface area is 275 Å². The Bertz CT molecular complexity index is 2490. The molecule has 0 saturated heterocycles. The van der Waals surface area contributed by atoms with E-state index in [1.807, 2.05) is 42.5 Å². The zero-order chi connectivity index (χ0) is 31.2. The molecular weight excluding hydrogens is 595 g/mol. The second kappa shape index (κ2) is 11.4. The molecule has 0 N–H and O–H groups in total. The van der Waals surface area contributed by atoms with E-state index in [2.05, 4.69) is 109 Å². The van der Waals surface area contributed by atoms with Crippen molar-refractivity contribution < 1.29 is 0 Å². The largest absolute Gasteiger partial charge is 0.247 e. The summed E-state index contributed by atoms with van der Waals surface area (Å²) in [5.74, 6) is 0.665. The summed E-state index contributed by atoms with van der Waals surface area (Å²) in [6, 6.07) is 51.8. The third-order valence-electron chi connectivity index (χ3n) is 8.55. The number of pyridine rings is 1. The summed E-state index contributed by atoms with van der Waals surface area (Å²) >= 11 is 1.23. The fraction of sp³-hybridized carbons (Fsp3) is 0. The minimum atomic E-state index is 0.665. The normalized spacial score (nSPS) is 11.4. The first-order valence-corrected chi connectivity index (χ1v) is 16.2. The summed E-state index contributed by atoms with van der Waals surface area (Å²) in [6.45, 7) is 0. The second-order valence-electron chi connectivity index (χ2n) is 11.4. The Balaban J connectivity index is 1.47. The van der Waals surface area contributed by atoms with Gasteiger partial charge in [0.05, 0.1) is 34.3 Å². The molecule has 0 saturated carbocycles. The summed E-state index contributed by atoms with van der Waals surface area (Å²) in [5.41, 5.74) is 11.0. The SMILES string of the molecule is c1ccc(-c2nc(-c3ccccc3)c(-c3cc4c(-c5ccccc5)nc5ccccc5c4c4nsnc34)c(-c3ccccc3)n2)cc1. The third-order valence-corrected chi connectivity index (χ3v) is 9.08. The van der Waals surface area contributed by atoms with Crippen molar-refractivity contribution in [1.29, 1.82) is 0 Å². The highest BCUT2D eigenvalue weighted by molar-refractivity contribution is 7.00. The van der Waals surface area contributed by atoms with Crippen LogP contribution >= 0.6 is 11.7 Å². The fourth-order valence-corrected chi connectivity index (χ4v) is 6.98. The molecule has 9 rings (SSSR count). The fourth-order valence-electron chi connectivity index (χ4n) is 6.41. The van der Waals surface area contributed by atoms with E-state index in [4.69, 9.17) is 23.7 Å². The van der Waals surface area contributed by atoms with Crippen molar-refractivity contribution in [2.45, 2.75) is 0 Å². The Morgan fingerprint density at radius 1 is 0.404 bits per heavy atom. The van der Waals surface area contributed by atoms with Crippen LogP contribution in [-0.4, -0.2) is 23.7 Å². The molecule has 0 fully saturated rings. The van der Waals surface area contributed by atoms with Crippen molar-refractivity contribution in [3.63, 3.8) is 0 Å². The van der Waals surface area contributed by atoms with Gasteiger partial charge in [-0.2, -0.15) is 8.75 Å². The summed E-state index contributed by atoms with van der Waals surface area (Å²) in [6.07, 6.45) is 0. The van der Waals surface area contributed by atoms with Crippen LogP contribution in [-0.2, 0) is 0 Å². The lowest BCUT2D eigenvalue weighted by Gasteiger charge is -2.18.